The lowest BCUT2D eigenvalue weighted by Gasteiger charge is -2.33. The highest BCUT2D eigenvalue weighted by atomic mass is 16.4. The summed E-state index contributed by atoms with van der Waals surface area (Å²) in [6.07, 6.45) is 5.10. The quantitative estimate of drug-likeness (QED) is 0.753. The first-order chi connectivity index (χ1) is 9.34. The van der Waals surface area contributed by atoms with Gasteiger partial charge in [0.15, 0.2) is 0 Å². The molecule has 2 rings (SSSR count). The molecule has 2 fully saturated rings. The maximum atomic E-state index is 11.8. The van der Waals surface area contributed by atoms with Crippen LogP contribution in [0.5, 0.6) is 0 Å². The molecule has 0 aromatic heterocycles. The molecule has 0 radical (unpaired) electrons. The standard InChI is InChI=1S/C16H30N2O2/c1-11(2)10-18(13-5-6-13)14-7-8-16(9-14,15(19)20)17-12(3)4/h11-14,17H,5-10H2,1-4H3,(H,19,20). The van der Waals surface area contributed by atoms with Crippen LogP contribution in [-0.4, -0.2) is 46.2 Å². The molecule has 0 aromatic rings. The third-order valence-corrected chi connectivity index (χ3v) is 4.52. The summed E-state index contributed by atoms with van der Waals surface area (Å²) in [5.41, 5.74) is -0.705. The van der Waals surface area contributed by atoms with E-state index in [-0.39, 0.29) is 6.04 Å². The monoisotopic (exact) mass is 282 g/mol. The number of nitrogens with zero attached hydrogens (tertiary/aromatic N) is 1. The van der Waals surface area contributed by atoms with Crippen LogP contribution in [0.3, 0.4) is 0 Å². The fourth-order valence-electron chi connectivity index (χ4n) is 3.67. The molecule has 2 saturated carbocycles. The maximum absolute atomic E-state index is 11.8. The molecule has 20 heavy (non-hydrogen) atoms. The van der Waals surface area contributed by atoms with E-state index in [2.05, 4.69) is 24.1 Å². The lowest BCUT2D eigenvalue weighted by atomic mass is 9.96. The number of carbonyl (C=O) groups is 1. The van der Waals surface area contributed by atoms with Gasteiger partial charge in [-0.15, -0.1) is 0 Å². The van der Waals surface area contributed by atoms with E-state index >= 15 is 0 Å². The molecule has 2 N–H and O–H groups in total. The highest BCUT2D eigenvalue weighted by Gasteiger charge is 2.49. The van der Waals surface area contributed by atoms with Gasteiger partial charge in [-0.2, -0.15) is 0 Å². The first kappa shape index (κ1) is 15.8. The van der Waals surface area contributed by atoms with Gasteiger partial charge in [-0.05, 0) is 51.9 Å². The number of hydrogen-bond acceptors (Lipinski definition) is 3. The van der Waals surface area contributed by atoms with Gasteiger partial charge >= 0.3 is 5.97 Å². The fraction of sp³-hybridized carbons (Fsp3) is 0.938. The van der Waals surface area contributed by atoms with Crippen molar-refractivity contribution in [1.82, 2.24) is 10.2 Å². The molecule has 0 amide bonds. The number of nitrogens with one attached hydrogen (secondary N) is 1. The van der Waals surface area contributed by atoms with E-state index < -0.39 is 11.5 Å². The molecule has 116 valence electrons. The molecule has 0 heterocycles. The third-order valence-electron chi connectivity index (χ3n) is 4.52. The van der Waals surface area contributed by atoms with E-state index in [1.165, 1.54) is 12.8 Å². The van der Waals surface area contributed by atoms with Crippen LogP contribution in [0.15, 0.2) is 0 Å². The minimum atomic E-state index is -0.705. The van der Waals surface area contributed by atoms with Gasteiger partial charge in [0.2, 0.25) is 0 Å². The normalized spacial score (nSPS) is 30.6. The van der Waals surface area contributed by atoms with E-state index in [4.69, 9.17) is 0 Å². The molecule has 2 unspecified atom stereocenters. The van der Waals surface area contributed by atoms with Crippen LogP contribution in [0.4, 0.5) is 0 Å². The number of aliphatic carboxylic acids is 1. The minimum Gasteiger partial charge on any atom is -0.480 e. The summed E-state index contributed by atoms with van der Waals surface area (Å²) < 4.78 is 0. The zero-order valence-electron chi connectivity index (χ0n) is 13.4. The van der Waals surface area contributed by atoms with Gasteiger partial charge in [-0.25, -0.2) is 0 Å². The van der Waals surface area contributed by atoms with Crippen LogP contribution in [0.2, 0.25) is 0 Å². The highest BCUT2D eigenvalue weighted by Crippen LogP contribution is 2.39. The van der Waals surface area contributed by atoms with Crippen molar-refractivity contribution in [2.45, 2.75) is 83.5 Å². The predicted octanol–water partition coefficient (Wildman–Crippen LogP) is 2.48. The molecular formula is C16H30N2O2. The molecule has 2 atom stereocenters. The molecule has 0 aliphatic heterocycles. The van der Waals surface area contributed by atoms with Crippen molar-refractivity contribution in [1.29, 1.82) is 0 Å². The van der Waals surface area contributed by atoms with Gasteiger partial charge in [0.05, 0.1) is 0 Å². The Balaban J connectivity index is 2.06. The Kier molecular flexibility index (Phi) is 4.75. The molecule has 0 aromatic carbocycles. The van der Waals surface area contributed by atoms with Gasteiger partial charge in [0.25, 0.3) is 0 Å². The predicted molar refractivity (Wildman–Crippen MR) is 80.8 cm³/mol. The summed E-state index contributed by atoms with van der Waals surface area (Å²) in [6, 6.07) is 1.36. The van der Waals surface area contributed by atoms with Gasteiger partial charge in [0.1, 0.15) is 5.54 Å². The van der Waals surface area contributed by atoms with Crippen LogP contribution in [-0.2, 0) is 4.79 Å². The van der Waals surface area contributed by atoms with E-state index in [9.17, 15) is 9.90 Å². The first-order valence-electron chi connectivity index (χ1n) is 8.11. The Morgan fingerprint density at radius 1 is 1.25 bits per heavy atom. The zero-order valence-corrected chi connectivity index (χ0v) is 13.4. The van der Waals surface area contributed by atoms with Crippen LogP contribution < -0.4 is 5.32 Å². The summed E-state index contributed by atoms with van der Waals surface area (Å²) in [4.78, 5) is 14.3. The van der Waals surface area contributed by atoms with Crippen molar-refractivity contribution in [2.75, 3.05) is 6.54 Å². The lowest BCUT2D eigenvalue weighted by Crippen LogP contribution is -2.54. The Morgan fingerprint density at radius 2 is 1.90 bits per heavy atom. The second-order valence-electron chi connectivity index (χ2n) is 7.40. The van der Waals surface area contributed by atoms with E-state index in [1.54, 1.807) is 0 Å². The van der Waals surface area contributed by atoms with Crippen molar-refractivity contribution >= 4 is 5.97 Å². The second kappa shape index (κ2) is 6.02. The summed E-state index contributed by atoms with van der Waals surface area (Å²) in [6.45, 7) is 9.67. The molecule has 4 nitrogen and oxygen atoms in total. The van der Waals surface area contributed by atoms with E-state index in [0.29, 0.717) is 18.0 Å². The zero-order chi connectivity index (χ0) is 14.9. The number of carboxylic acid groups (broad SMARTS) is 1. The highest BCUT2D eigenvalue weighted by molar-refractivity contribution is 5.79. The summed E-state index contributed by atoms with van der Waals surface area (Å²) in [5, 5.41) is 13.0. The average molecular weight is 282 g/mol. The molecule has 2 aliphatic rings. The smallest absolute Gasteiger partial charge is 0.323 e. The summed E-state index contributed by atoms with van der Waals surface area (Å²) >= 11 is 0. The van der Waals surface area contributed by atoms with Gasteiger partial charge in [-0.1, -0.05) is 13.8 Å². The molecule has 0 saturated heterocycles. The minimum absolute atomic E-state index is 0.212. The maximum Gasteiger partial charge on any atom is 0.323 e. The van der Waals surface area contributed by atoms with Crippen LogP contribution in [0.25, 0.3) is 0 Å². The summed E-state index contributed by atoms with van der Waals surface area (Å²) in [7, 11) is 0. The number of rotatable bonds is 7. The summed E-state index contributed by atoms with van der Waals surface area (Å²) in [5.74, 6) is -0.0255. The Hall–Kier alpha value is -0.610. The molecule has 4 heteroatoms. The van der Waals surface area contributed by atoms with E-state index in [1.807, 2.05) is 13.8 Å². The van der Waals surface area contributed by atoms with Gasteiger partial charge in [-0.3, -0.25) is 15.0 Å². The third kappa shape index (κ3) is 3.53. The van der Waals surface area contributed by atoms with Gasteiger partial charge in [0, 0.05) is 24.7 Å². The molecular weight excluding hydrogens is 252 g/mol. The molecule has 0 bridgehead atoms. The molecule has 0 spiro atoms. The Morgan fingerprint density at radius 3 is 2.35 bits per heavy atom. The van der Waals surface area contributed by atoms with Crippen molar-refractivity contribution < 1.29 is 9.90 Å². The average Bonchev–Trinajstić information content (AvgIpc) is 3.07. The Bertz CT molecular complexity index is 352. The van der Waals surface area contributed by atoms with Crippen molar-refractivity contribution in [3.05, 3.63) is 0 Å². The SMILES string of the molecule is CC(C)CN(C1CC1)C1CCC(NC(C)C)(C(=O)O)C1. The number of carboxylic acids is 1. The topological polar surface area (TPSA) is 52.6 Å². The van der Waals surface area contributed by atoms with Crippen molar-refractivity contribution in [3.8, 4) is 0 Å². The first-order valence-corrected chi connectivity index (χ1v) is 8.11. The lowest BCUT2D eigenvalue weighted by molar-refractivity contribution is -0.145. The van der Waals surface area contributed by atoms with Gasteiger partial charge < -0.3 is 5.11 Å². The Labute approximate surface area is 122 Å². The second-order valence-corrected chi connectivity index (χ2v) is 7.40. The fourth-order valence-corrected chi connectivity index (χ4v) is 3.67. The van der Waals surface area contributed by atoms with Crippen LogP contribution in [0.1, 0.15) is 59.8 Å². The van der Waals surface area contributed by atoms with Crippen LogP contribution >= 0.6 is 0 Å². The number of hydrogen-bond donors (Lipinski definition) is 2. The van der Waals surface area contributed by atoms with E-state index in [0.717, 1.165) is 25.8 Å². The molecule has 2 aliphatic carbocycles. The van der Waals surface area contributed by atoms with Crippen LogP contribution in [0, 0.1) is 5.92 Å². The van der Waals surface area contributed by atoms with Crippen molar-refractivity contribution in [3.63, 3.8) is 0 Å². The van der Waals surface area contributed by atoms with Crippen molar-refractivity contribution in [2.24, 2.45) is 5.92 Å². The largest absolute Gasteiger partial charge is 0.480 e.